The zero-order chi connectivity index (χ0) is 12.7. The van der Waals surface area contributed by atoms with E-state index in [1.165, 1.54) is 19.3 Å². The first-order valence-electron chi connectivity index (χ1n) is 6.43. The molecule has 0 radical (unpaired) electrons. The van der Waals surface area contributed by atoms with Crippen molar-refractivity contribution in [3.8, 4) is 5.75 Å². The maximum absolute atomic E-state index is 9.38. The Bertz CT molecular complexity index is 461. The molecule has 0 aliphatic heterocycles. The van der Waals surface area contributed by atoms with Crippen LogP contribution in [0.3, 0.4) is 0 Å². The molecular formula is C14H16Cl2O2. The molecule has 3 atom stereocenters. The summed E-state index contributed by atoms with van der Waals surface area (Å²) in [4.78, 5) is 0. The third-order valence-electron chi connectivity index (χ3n) is 4.20. The monoisotopic (exact) mass is 286 g/mol. The van der Waals surface area contributed by atoms with Gasteiger partial charge in [0.15, 0.2) is 0 Å². The topological polar surface area (TPSA) is 29.5 Å². The number of halogens is 2. The van der Waals surface area contributed by atoms with Gasteiger partial charge in [-0.05, 0) is 49.7 Å². The number of aliphatic hydroxyl groups is 1. The van der Waals surface area contributed by atoms with E-state index in [1.807, 2.05) is 0 Å². The maximum Gasteiger partial charge on any atom is 0.143 e. The number of hydrogen-bond acceptors (Lipinski definition) is 2. The molecule has 2 aliphatic carbocycles. The Morgan fingerprint density at radius 3 is 2.67 bits per heavy atom. The van der Waals surface area contributed by atoms with Gasteiger partial charge in [0.05, 0.1) is 11.6 Å². The van der Waals surface area contributed by atoms with Crippen LogP contribution in [0.1, 0.15) is 31.2 Å². The van der Waals surface area contributed by atoms with Gasteiger partial charge in [0.25, 0.3) is 0 Å². The summed E-state index contributed by atoms with van der Waals surface area (Å²) in [5, 5.41) is 10.4. The number of aliphatic hydroxyl groups excluding tert-OH is 1. The van der Waals surface area contributed by atoms with E-state index in [2.05, 4.69) is 0 Å². The Labute approximate surface area is 117 Å². The fraction of sp³-hybridized carbons (Fsp3) is 0.571. The molecule has 3 unspecified atom stereocenters. The van der Waals surface area contributed by atoms with Crippen molar-refractivity contribution in [3.05, 3.63) is 27.7 Å². The van der Waals surface area contributed by atoms with Gasteiger partial charge in [-0.25, -0.2) is 0 Å². The molecule has 2 fully saturated rings. The second-order valence-corrected chi connectivity index (χ2v) is 6.21. The zero-order valence-corrected chi connectivity index (χ0v) is 11.5. The molecule has 0 saturated heterocycles. The predicted octanol–water partition coefficient (Wildman–Crippen LogP) is 4.05. The van der Waals surface area contributed by atoms with Crippen molar-refractivity contribution in [1.29, 1.82) is 0 Å². The van der Waals surface area contributed by atoms with Crippen LogP contribution >= 0.6 is 23.2 Å². The minimum atomic E-state index is -0.101. The van der Waals surface area contributed by atoms with Crippen LogP contribution < -0.4 is 4.74 Å². The SMILES string of the molecule is OCc1cc(Cl)cc(Cl)c1OC1CC2CCC1C2. The molecule has 1 aromatic carbocycles. The second-order valence-electron chi connectivity index (χ2n) is 5.37. The normalized spacial score (nSPS) is 29.8. The van der Waals surface area contributed by atoms with Gasteiger partial charge >= 0.3 is 0 Å². The van der Waals surface area contributed by atoms with Crippen molar-refractivity contribution >= 4 is 23.2 Å². The summed E-state index contributed by atoms with van der Waals surface area (Å²) >= 11 is 12.1. The van der Waals surface area contributed by atoms with Crippen LogP contribution in [-0.4, -0.2) is 11.2 Å². The predicted molar refractivity (Wildman–Crippen MR) is 72.2 cm³/mol. The summed E-state index contributed by atoms with van der Waals surface area (Å²) in [7, 11) is 0. The van der Waals surface area contributed by atoms with Crippen molar-refractivity contribution in [1.82, 2.24) is 0 Å². The van der Waals surface area contributed by atoms with E-state index >= 15 is 0 Å². The lowest BCUT2D eigenvalue weighted by atomic mass is 9.97. The van der Waals surface area contributed by atoms with Crippen LogP contribution in [0.2, 0.25) is 10.0 Å². The quantitative estimate of drug-likeness (QED) is 0.908. The van der Waals surface area contributed by atoms with Gasteiger partial charge in [0.1, 0.15) is 11.9 Å². The van der Waals surface area contributed by atoms with E-state index in [-0.39, 0.29) is 12.7 Å². The highest BCUT2D eigenvalue weighted by Crippen LogP contribution is 2.47. The minimum Gasteiger partial charge on any atom is -0.488 e. The Morgan fingerprint density at radius 2 is 2.06 bits per heavy atom. The van der Waals surface area contributed by atoms with Crippen molar-refractivity contribution < 1.29 is 9.84 Å². The van der Waals surface area contributed by atoms with Crippen LogP contribution in [0.25, 0.3) is 0 Å². The van der Waals surface area contributed by atoms with Crippen LogP contribution in [0.5, 0.6) is 5.75 Å². The Kier molecular flexibility index (Phi) is 3.44. The average molecular weight is 287 g/mol. The molecule has 18 heavy (non-hydrogen) atoms. The average Bonchev–Trinajstić information content (AvgIpc) is 2.94. The molecule has 4 heteroatoms. The molecule has 3 rings (SSSR count). The fourth-order valence-corrected chi connectivity index (χ4v) is 3.93. The number of rotatable bonds is 3. The van der Waals surface area contributed by atoms with Crippen molar-refractivity contribution in [3.63, 3.8) is 0 Å². The highest BCUT2D eigenvalue weighted by atomic mass is 35.5. The number of benzene rings is 1. The largest absolute Gasteiger partial charge is 0.488 e. The van der Waals surface area contributed by atoms with E-state index in [1.54, 1.807) is 12.1 Å². The molecular weight excluding hydrogens is 271 g/mol. The number of ether oxygens (including phenoxy) is 1. The highest BCUT2D eigenvalue weighted by molar-refractivity contribution is 6.35. The van der Waals surface area contributed by atoms with E-state index in [0.717, 1.165) is 12.3 Å². The molecule has 0 amide bonds. The van der Waals surface area contributed by atoms with E-state index in [4.69, 9.17) is 27.9 Å². The van der Waals surface area contributed by atoms with Gasteiger partial charge in [0, 0.05) is 10.6 Å². The first kappa shape index (κ1) is 12.6. The van der Waals surface area contributed by atoms with E-state index < -0.39 is 0 Å². The van der Waals surface area contributed by atoms with Crippen LogP contribution in [0, 0.1) is 11.8 Å². The summed E-state index contributed by atoms with van der Waals surface area (Å²) in [5.74, 6) is 2.10. The molecule has 0 spiro atoms. The summed E-state index contributed by atoms with van der Waals surface area (Å²) in [6, 6.07) is 3.39. The Balaban J connectivity index is 1.84. The summed E-state index contributed by atoms with van der Waals surface area (Å²) in [6.07, 6.45) is 5.26. The van der Waals surface area contributed by atoms with E-state index in [0.29, 0.717) is 27.3 Å². The lowest BCUT2D eigenvalue weighted by Gasteiger charge is -2.25. The number of hydrogen-bond donors (Lipinski definition) is 1. The van der Waals surface area contributed by atoms with Crippen molar-refractivity contribution in [2.24, 2.45) is 11.8 Å². The standard InChI is InChI=1S/C14H16Cl2O2/c15-11-5-10(7-17)14(12(16)6-11)18-13-4-8-1-2-9(13)3-8/h5-6,8-9,13,17H,1-4,7H2. The zero-order valence-electron chi connectivity index (χ0n) is 10.0. The molecule has 2 bridgehead atoms. The molecule has 0 aromatic heterocycles. The van der Waals surface area contributed by atoms with Gasteiger partial charge in [-0.1, -0.05) is 23.2 Å². The van der Waals surface area contributed by atoms with Crippen molar-refractivity contribution in [2.75, 3.05) is 0 Å². The third-order valence-corrected chi connectivity index (χ3v) is 4.70. The highest BCUT2D eigenvalue weighted by Gasteiger charge is 2.41. The Morgan fingerprint density at radius 1 is 1.22 bits per heavy atom. The summed E-state index contributed by atoms with van der Waals surface area (Å²) in [6.45, 7) is -0.101. The van der Waals surface area contributed by atoms with Gasteiger partial charge in [-0.2, -0.15) is 0 Å². The van der Waals surface area contributed by atoms with Crippen molar-refractivity contribution in [2.45, 2.75) is 38.4 Å². The molecule has 2 saturated carbocycles. The lowest BCUT2D eigenvalue weighted by Crippen LogP contribution is -2.24. The number of fused-ring (bicyclic) bond motifs is 2. The molecule has 0 heterocycles. The molecule has 2 nitrogen and oxygen atoms in total. The Hall–Kier alpha value is -0.440. The van der Waals surface area contributed by atoms with Crippen LogP contribution in [0.4, 0.5) is 0 Å². The smallest absolute Gasteiger partial charge is 0.143 e. The maximum atomic E-state index is 9.38. The van der Waals surface area contributed by atoms with Crippen LogP contribution in [0.15, 0.2) is 12.1 Å². The summed E-state index contributed by atoms with van der Waals surface area (Å²) in [5.41, 5.74) is 0.676. The second kappa shape index (κ2) is 4.92. The van der Waals surface area contributed by atoms with Gasteiger partial charge in [-0.15, -0.1) is 0 Å². The minimum absolute atomic E-state index is 0.101. The molecule has 2 aliphatic rings. The van der Waals surface area contributed by atoms with Gasteiger partial charge in [0.2, 0.25) is 0 Å². The molecule has 1 N–H and O–H groups in total. The fourth-order valence-electron chi connectivity index (χ4n) is 3.35. The molecule has 1 aromatic rings. The van der Waals surface area contributed by atoms with Gasteiger partial charge < -0.3 is 9.84 Å². The van der Waals surface area contributed by atoms with E-state index in [9.17, 15) is 5.11 Å². The summed E-state index contributed by atoms with van der Waals surface area (Å²) < 4.78 is 6.07. The van der Waals surface area contributed by atoms with Gasteiger partial charge in [-0.3, -0.25) is 0 Å². The lowest BCUT2D eigenvalue weighted by molar-refractivity contribution is 0.134. The first-order chi connectivity index (χ1) is 8.67. The molecule has 98 valence electrons. The first-order valence-corrected chi connectivity index (χ1v) is 7.18. The van der Waals surface area contributed by atoms with Crippen LogP contribution in [-0.2, 0) is 6.61 Å². The third kappa shape index (κ3) is 2.22.